The van der Waals surface area contributed by atoms with Gasteiger partial charge < -0.3 is 5.73 Å². The van der Waals surface area contributed by atoms with Crippen LogP contribution in [0.1, 0.15) is 32.0 Å². The van der Waals surface area contributed by atoms with E-state index in [0.29, 0.717) is 0 Å². The predicted octanol–water partition coefficient (Wildman–Crippen LogP) is 3.45. The monoisotopic (exact) mass is 256 g/mol. The van der Waals surface area contributed by atoms with Crippen LogP contribution in [0, 0.1) is 0 Å². The predicted molar refractivity (Wildman–Crippen MR) is 65.0 cm³/mol. The molecule has 0 saturated heterocycles. The largest absolute Gasteiger partial charge is 0.322 e. The summed E-state index contributed by atoms with van der Waals surface area (Å²) in [4.78, 5) is 4.16. The molecule has 0 bridgehead atoms. The second-order valence-electron chi connectivity index (χ2n) is 2.53. The standard InChI is InChI=1S/C9H11BrN2.C2H6/c1-2-3-8(11)9-6-7(10)4-5-12-9;1-2/h2,4-6,8H,1,3,11H2;1-2H3. The van der Waals surface area contributed by atoms with Crippen LogP contribution in [-0.4, -0.2) is 4.98 Å². The van der Waals surface area contributed by atoms with Gasteiger partial charge in [-0.15, -0.1) is 6.58 Å². The highest BCUT2D eigenvalue weighted by Crippen LogP contribution is 2.16. The second kappa shape index (κ2) is 7.71. The number of pyridine rings is 1. The number of rotatable bonds is 3. The molecule has 0 spiro atoms. The fourth-order valence-electron chi connectivity index (χ4n) is 0.924. The molecule has 1 atom stereocenters. The Morgan fingerprint density at radius 3 is 2.79 bits per heavy atom. The average Bonchev–Trinajstić information content (AvgIpc) is 2.21. The molecule has 1 rings (SSSR count). The van der Waals surface area contributed by atoms with Crippen molar-refractivity contribution in [3.63, 3.8) is 0 Å². The van der Waals surface area contributed by atoms with Gasteiger partial charge >= 0.3 is 0 Å². The molecule has 0 amide bonds. The van der Waals surface area contributed by atoms with Crippen molar-refractivity contribution in [2.45, 2.75) is 26.3 Å². The van der Waals surface area contributed by atoms with Crippen LogP contribution in [0.4, 0.5) is 0 Å². The van der Waals surface area contributed by atoms with E-state index in [9.17, 15) is 0 Å². The maximum absolute atomic E-state index is 5.82. The fourth-order valence-corrected chi connectivity index (χ4v) is 1.28. The van der Waals surface area contributed by atoms with Crippen LogP contribution in [0.2, 0.25) is 0 Å². The van der Waals surface area contributed by atoms with Crippen LogP contribution < -0.4 is 5.73 Å². The molecule has 14 heavy (non-hydrogen) atoms. The van der Waals surface area contributed by atoms with Crippen molar-refractivity contribution in [2.75, 3.05) is 0 Å². The number of aromatic nitrogens is 1. The van der Waals surface area contributed by atoms with E-state index in [2.05, 4.69) is 27.5 Å². The quantitative estimate of drug-likeness (QED) is 0.842. The first-order valence-corrected chi connectivity index (χ1v) is 5.51. The topological polar surface area (TPSA) is 38.9 Å². The molecular weight excluding hydrogens is 240 g/mol. The molecule has 2 nitrogen and oxygen atoms in total. The van der Waals surface area contributed by atoms with Crippen LogP contribution >= 0.6 is 15.9 Å². The first-order valence-electron chi connectivity index (χ1n) is 4.72. The van der Waals surface area contributed by atoms with Crippen LogP contribution in [0.15, 0.2) is 35.5 Å². The third kappa shape index (κ3) is 4.53. The maximum Gasteiger partial charge on any atom is 0.0585 e. The molecule has 0 aliphatic rings. The summed E-state index contributed by atoms with van der Waals surface area (Å²) in [5.74, 6) is 0. The molecule has 3 heteroatoms. The van der Waals surface area contributed by atoms with Gasteiger partial charge in [0.1, 0.15) is 0 Å². The van der Waals surface area contributed by atoms with E-state index >= 15 is 0 Å². The highest BCUT2D eigenvalue weighted by Gasteiger charge is 2.04. The zero-order chi connectivity index (χ0) is 11.0. The van der Waals surface area contributed by atoms with Gasteiger partial charge in [-0.2, -0.15) is 0 Å². The van der Waals surface area contributed by atoms with Crippen LogP contribution in [-0.2, 0) is 0 Å². The summed E-state index contributed by atoms with van der Waals surface area (Å²) in [7, 11) is 0. The van der Waals surface area contributed by atoms with E-state index < -0.39 is 0 Å². The molecule has 2 N–H and O–H groups in total. The van der Waals surface area contributed by atoms with E-state index in [-0.39, 0.29) is 6.04 Å². The lowest BCUT2D eigenvalue weighted by Crippen LogP contribution is -2.10. The third-order valence-corrected chi connectivity index (χ3v) is 2.04. The van der Waals surface area contributed by atoms with Gasteiger partial charge in [0.05, 0.1) is 11.7 Å². The van der Waals surface area contributed by atoms with Crippen molar-refractivity contribution in [3.05, 3.63) is 41.2 Å². The molecule has 78 valence electrons. The SMILES string of the molecule is C=CCC(N)c1cc(Br)ccn1.CC. The molecule has 1 unspecified atom stereocenters. The van der Waals surface area contributed by atoms with Crippen LogP contribution in [0.25, 0.3) is 0 Å². The highest BCUT2D eigenvalue weighted by molar-refractivity contribution is 9.10. The summed E-state index contributed by atoms with van der Waals surface area (Å²) in [6, 6.07) is 3.76. The minimum Gasteiger partial charge on any atom is -0.322 e. The number of hydrogen-bond acceptors (Lipinski definition) is 2. The second-order valence-corrected chi connectivity index (χ2v) is 3.45. The zero-order valence-corrected chi connectivity index (χ0v) is 10.3. The average molecular weight is 257 g/mol. The molecule has 0 aliphatic carbocycles. The van der Waals surface area contributed by atoms with Gasteiger partial charge in [0.2, 0.25) is 0 Å². The van der Waals surface area contributed by atoms with Crippen molar-refractivity contribution >= 4 is 15.9 Å². The van der Waals surface area contributed by atoms with Crippen molar-refractivity contribution < 1.29 is 0 Å². The summed E-state index contributed by atoms with van der Waals surface area (Å²) >= 11 is 3.36. The van der Waals surface area contributed by atoms with Gasteiger partial charge in [0.25, 0.3) is 0 Å². The van der Waals surface area contributed by atoms with E-state index in [4.69, 9.17) is 5.73 Å². The van der Waals surface area contributed by atoms with Gasteiger partial charge in [-0.25, -0.2) is 0 Å². The smallest absolute Gasteiger partial charge is 0.0585 e. The van der Waals surface area contributed by atoms with E-state index in [1.165, 1.54) is 0 Å². The minimum absolute atomic E-state index is 0.0417. The molecule has 0 aromatic carbocycles. The van der Waals surface area contributed by atoms with Gasteiger partial charge in [-0.05, 0) is 18.6 Å². The van der Waals surface area contributed by atoms with Crippen molar-refractivity contribution in [2.24, 2.45) is 5.73 Å². The van der Waals surface area contributed by atoms with Crippen LogP contribution in [0.3, 0.4) is 0 Å². The molecule has 1 aromatic heterocycles. The van der Waals surface area contributed by atoms with Gasteiger partial charge in [-0.3, -0.25) is 4.98 Å². The van der Waals surface area contributed by atoms with Crippen molar-refractivity contribution in [1.29, 1.82) is 0 Å². The summed E-state index contributed by atoms with van der Waals surface area (Å²) in [6.07, 6.45) is 4.29. The maximum atomic E-state index is 5.82. The Kier molecular flexibility index (Phi) is 7.34. The lowest BCUT2D eigenvalue weighted by atomic mass is 10.1. The van der Waals surface area contributed by atoms with Gasteiger partial charge in [-0.1, -0.05) is 35.9 Å². The lowest BCUT2D eigenvalue weighted by molar-refractivity contribution is 0.713. The molecule has 0 radical (unpaired) electrons. The number of nitrogens with zero attached hydrogens (tertiary/aromatic N) is 1. The molecule has 1 aromatic rings. The Morgan fingerprint density at radius 1 is 1.64 bits per heavy atom. The summed E-state index contributed by atoms with van der Waals surface area (Å²) in [5.41, 5.74) is 6.71. The first kappa shape index (κ1) is 13.3. The molecule has 0 saturated carbocycles. The number of hydrogen-bond donors (Lipinski definition) is 1. The molecular formula is C11H17BrN2. The number of nitrogens with two attached hydrogens (primary N) is 1. The van der Waals surface area contributed by atoms with E-state index in [0.717, 1.165) is 16.6 Å². The molecule has 0 fully saturated rings. The highest BCUT2D eigenvalue weighted by atomic mass is 79.9. The Bertz CT molecular complexity index is 274. The first-order chi connectivity index (χ1) is 6.74. The van der Waals surface area contributed by atoms with Crippen molar-refractivity contribution in [3.8, 4) is 0 Å². The Balaban J connectivity index is 0.000000791. The normalized spacial score (nSPS) is 11.1. The van der Waals surface area contributed by atoms with Gasteiger partial charge in [0, 0.05) is 10.7 Å². The summed E-state index contributed by atoms with van der Waals surface area (Å²) in [5, 5.41) is 0. The molecule has 1 heterocycles. The Morgan fingerprint density at radius 2 is 2.29 bits per heavy atom. The Hall–Kier alpha value is -0.670. The fraction of sp³-hybridized carbons (Fsp3) is 0.364. The van der Waals surface area contributed by atoms with E-state index in [1.54, 1.807) is 12.3 Å². The van der Waals surface area contributed by atoms with Gasteiger partial charge in [0.15, 0.2) is 0 Å². The molecule has 0 aliphatic heterocycles. The Labute approximate surface area is 94.4 Å². The number of halogens is 1. The summed E-state index contributed by atoms with van der Waals surface area (Å²) in [6.45, 7) is 7.63. The summed E-state index contributed by atoms with van der Waals surface area (Å²) < 4.78 is 1.01. The van der Waals surface area contributed by atoms with Crippen LogP contribution in [0.5, 0.6) is 0 Å². The minimum atomic E-state index is -0.0417. The van der Waals surface area contributed by atoms with E-state index in [1.807, 2.05) is 26.0 Å². The zero-order valence-electron chi connectivity index (χ0n) is 8.70. The van der Waals surface area contributed by atoms with Crippen molar-refractivity contribution in [1.82, 2.24) is 4.98 Å². The third-order valence-electron chi connectivity index (χ3n) is 1.54. The lowest BCUT2D eigenvalue weighted by Gasteiger charge is -2.07.